The molecule has 5 heteroatoms. The van der Waals surface area contributed by atoms with Crippen LogP contribution in [0.5, 0.6) is 0 Å². The van der Waals surface area contributed by atoms with E-state index in [2.05, 4.69) is 5.32 Å². The van der Waals surface area contributed by atoms with Gasteiger partial charge in [-0.2, -0.15) is 0 Å². The van der Waals surface area contributed by atoms with Gasteiger partial charge in [-0.05, 0) is 12.8 Å². The molecule has 0 rings (SSSR count). The van der Waals surface area contributed by atoms with Crippen molar-refractivity contribution in [3.63, 3.8) is 0 Å². The van der Waals surface area contributed by atoms with Crippen LogP contribution in [0.1, 0.15) is 20.8 Å². The molecule has 1 atom stereocenters. The summed E-state index contributed by atoms with van der Waals surface area (Å²) in [5.41, 5.74) is 0. The van der Waals surface area contributed by atoms with Gasteiger partial charge >= 0.3 is 5.97 Å². The third kappa shape index (κ3) is 5.07. The fraction of sp³-hybridized carbons (Fsp3) is 0.750. The fourth-order valence-electron chi connectivity index (χ4n) is 0.852. The Balaban J connectivity index is 4.24. The van der Waals surface area contributed by atoms with Crippen LogP contribution in [0.4, 0.5) is 4.79 Å². The molecule has 0 aliphatic rings. The molecule has 0 aromatic carbocycles. The number of ether oxygens (including phenoxy) is 1. The summed E-state index contributed by atoms with van der Waals surface area (Å²) in [6.45, 7) is 5.78. The molecule has 76 valence electrons. The molecule has 0 heterocycles. The van der Waals surface area contributed by atoms with Gasteiger partial charge in [-0.1, -0.05) is 13.8 Å². The molecule has 0 aromatic heterocycles. The highest BCUT2D eigenvalue weighted by Gasteiger charge is 2.24. The Morgan fingerprint density at radius 2 is 2.00 bits per heavy atom. The largest absolute Gasteiger partial charge is 0.464 e. The predicted octanol–water partition coefficient (Wildman–Crippen LogP) is 1.72. The zero-order chi connectivity index (χ0) is 10.4. The molecule has 13 heavy (non-hydrogen) atoms. The van der Waals surface area contributed by atoms with Crippen molar-refractivity contribution in [2.24, 2.45) is 5.92 Å². The summed E-state index contributed by atoms with van der Waals surface area (Å²) in [5, 5.41) is 2.54. The smallest absolute Gasteiger partial charge is 0.328 e. The van der Waals surface area contributed by atoms with Crippen LogP contribution in [0.3, 0.4) is 0 Å². The summed E-state index contributed by atoms with van der Waals surface area (Å²) >= 11 is 1.59. The van der Waals surface area contributed by atoms with Crippen molar-refractivity contribution in [3.05, 3.63) is 0 Å². The minimum absolute atomic E-state index is 0.0396. The van der Waals surface area contributed by atoms with Crippen molar-refractivity contribution in [1.82, 2.24) is 5.32 Å². The Labute approximate surface area is 91.5 Å². The number of halogens is 1. The second-order valence-electron chi connectivity index (χ2n) is 2.89. The normalized spacial score (nSPS) is 12.4. The third-order valence-electron chi connectivity index (χ3n) is 1.48. The van der Waals surface area contributed by atoms with Crippen molar-refractivity contribution in [1.29, 1.82) is 0 Å². The number of hydrogen-bond acceptors (Lipinski definition) is 3. The molecule has 0 radical (unpaired) electrons. The minimum atomic E-state index is -0.538. The van der Waals surface area contributed by atoms with Crippen molar-refractivity contribution in [2.75, 3.05) is 6.61 Å². The van der Waals surface area contributed by atoms with E-state index in [0.717, 1.165) is 0 Å². The summed E-state index contributed by atoms with van der Waals surface area (Å²) in [4.78, 5) is 22.0. The molecule has 0 saturated carbocycles. The van der Waals surface area contributed by atoms with Crippen LogP contribution in [0.2, 0.25) is 0 Å². The van der Waals surface area contributed by atoms with Gasteiger partial charge in [-0.3, -0.25) is 4.79 Å². The van der Waals surface area contributed by atoms with E-state index < -0.39 is 6.04 Å². The Morgan fingerprint density at radius 3 is 2.31 bits per heavy atom. The Bertz CT molecular complexity index is 194. The van der Waals surface area contributed by atoms with Gasteiger partial charge in [0.2, 0.25) is 0 Å². The lowest BCUT2D eigenvalue weighted by Gasteiger charge is -2.18. The summed E-state index contributed by atoms with van der Waals surface area (Å²) in [5.74, 6) is -0.333. The molecule has 0 aliphatic heterocycles. The molecule has 1 amide bonds. The lowest BCUT2D eigenvalue weighted by atomic mass is 10.1. The first-order valence-electron chi connectivity index (χ1n) is 4.11. The van der Waals surface area contributed by atoms with E-state index in [1.54, 1.807) is 29.5 Å². The van der Waals surface area contributed by atoms with Crippen LogP contribution in [-0.4, -0.2) is 22.5 Å². The molecule has 0 saturated heterocycles. The van der Waals surface area contributed by atoms with E-state index in [1.807, 2.05) is 13.8 Å². The average Bonchev–Trinajstić information content (AvgIpc) is 1.99. The van der Waals surface area contributed by atoms with Crippen LogP contribution in [0.15, 0.2) is 0 Å². The van der Waals surface area contributed by atoms with E-state index in [1.165, 1.54) is 0 Å². The van der Waals surface area contributed by atoms with Gasteiger partial charge in [0, 0.05) is 22.6 Å². The second kappa shape index (κ2) is 6.17. The maximum Gasteiger partial charge on any atom is 0.328 e. The van der Waals surface area contributed by atoms with Gasteiger partial charge < -0.3 is 10.1 Å². The molecule has 0 aliphatic carbocycles. The summed E-state index contributed by atoms with van der Waals surface area (Å²) < 4.78 is 4.56. The second-order valence-corrected chi connectivity index (χ2v) is 3.87. The van der Waals surface area contributed by atoms with Gasteiger partial charge in [0.05, 0.1) is 6.61 Å². The van der Waals surface area contributed by atoms with Crippen molar-refractivity contribution < 1.29 is 14.3 Å². The third-order valence-corrected chi connectivity index (χ3v) is 1.79. The standard InChI is InChI=1S/C8H14INO3/c1-4-13-7(11)6(5(2)3)10-8(9)12/h5-6H,4H2,1-3H3,(H,10,12). The van der Waals surface area contributed by atoms with E-state index >= 15 is 0 Å². The Morgan fingerprint density at radius 1 is 1.46 bits per heavy atom. The maximum absolute atomic E-state index is 11.3. The molecule has 0 spiro atoms. The van der Waals surface area contributed by atoms with E-state index in [-0.39, 0.29) is 15.8 Å². The molecule has 0 fully saturated rings. The van der Waals surface area contributed by atoms with Crippen LogP contribution in [0, 0.1) is 5.92 Å². The van der Waals surface area contributed by atoms with Gasteiger partial charge in [-0.15, -0.1) is 0 Å². The van der Waals surface area contributed by atoms with Gasteiger partial charge in [-0.25, -0.2) is 4.79 Å². The maximum atomic E-state index is 11.3. The number of carbonyl (C=O) groups excluding carboxylic acids is 2. The predicted molar refractivity (Wildman–Crippen MR) is 57.8 cm³/mol. The number of amides is 1. The first-order valence-corrected chi connectivity index (χ1v) is 5.19. The number of rotatable bonds is 4. The highest BCUT2D eigenvalue weighted by atomic mass is 127. The van der Waals surface area contributed by atoms with Crippen molar-refractivity contribution >= 4 is 32.5 Å². The summed E-state index contributed by atoms with van der Waals surface area (Å²) in [6.07, 6.45) is 0. The quantitative estimate of drug-likeness (QED) is 0.372. The van der Waals surface area contributed by atoms with E-state index in [0.29, 0.717) is 6.61 Å². The van der Waals surface area contributed by atoms with Crippen LogP contribution in [0.25, 0.3) is 0 Å². The van der Waals surface area contributed by atoms with Gasteiger partial charge in [0.15, 0.2) is 0 Å². The van der Waals surface area contributed by atoms with E-state index in [4.69, 9.17) is 4.74 Å². The minimum Gasteiger partial charge on any atom is -0.464 e. The Kier molecular flexibility index (Phi) is 6.02. The molecule has 1 N–H and O–H groups in total. The van der Waals surface area contributed by atoms with Gasteiger partial charge in [0.1, 0.15) is 6.04 Å². The SMILES string of the molecule is CCOC(=O)C(NC(=O)I)C(C)C. The van der Waals surface area contributed by atoms with Crippen LogP contribution in [-0.2, 0) is 9.53 Å². The van der Waals surface area contributed by atoms with Crippen molar-refractivity contribution in [2.45, 2.75) is 26.8 Å². The summed E-state index contributed by atoms with van der Waals surface area (Å²) in [6, 6.07) is -0.538. The zero-order valence-electron chi connectivity index (χ0n) is 7.96. The van der Waals surface area contributed by atoms with Crippen LogP contribution < -0.4 is 5.32 Å². The molecule has 1 unspecified atom stereocenters. The highest BCUT2D eigenvalue weighted by molar-refractivity contribution is 14.1. The summed E-state index contributed by atoms with van der Waals surface area (Å²) in [7, 11) is 0. The first-order chi connectivity index (χ1) is 5.99. The monoisotopic (exact) mass is 299 g/mol. The van der Waals surface area contributed by atoms with Crippen molar-refractivity contribution in [3.8, 4) is 0 Å². The molecular formula is C8H14INO3. The number of esters is 1. The molecule has 0 bridgehead atoms. The first kappa shape index (κ1) is 12.7. The van der Waals surface area contributed by atoms with Gasteiger partial charge in [0.25, 0.3) is 3.91 Å². The zero-order valence-corrected chi connectivity index (χ0v) is 10.1. The molecular weight excluding hydrogens is 285 g/mol. The molecule has 4 nitrogen and oxygen atoms in total. The lowest BCUT2D eigenvalue weighted by molar-refractivity contribution is -0.146. The lowest BCUT2D eigenvalue weighted by Crippen LogP contribution is -2.43. The van der Waals surface area contributed by atoms with E-state index in [9.17, 15) is 9.59 Å². The Hall–Kier alpha value is -0.330. The topological polar surface area (TPSA) is 55.4 Å². The molecule has 0 aromatic rings. The highest BCUT2D eigenvalue weighted by Crippen LogP contribution is 2.05. The number of hydrogen-bond donors (Lipinski definition) is 1. The fourth-order valence-corrected chi connectivity index (χ4v) is 1.19. The number of carbonyl (C=O) groups is 2. The van der Waals surface area contributed by atoms with Crippen LogP contribution >= 0.6 is 22.6 Å². The average molecular weight is 299 g/mol. The number of nitrogens with one attached hydrogen (secondary N) is 1.